The number of aromatic nitrogens is 1. The van der Waals surface area contributed by atoms with Gasteiger partial charge in [0.2, 0.25) is 11.8 Å². The van der Waals surface area contributed by atoms with Crippen LogP contribution in [0, 0.1) is 17.0 Å². The lowest BCUT2D eigenvalue weighted by atomic mass is 9.82. The topological polar surface area (TPSA) is 182 Å². The molecule has 0 aliphatic heterocycles. The zero-order chi connectivity index (χ0) is 45.0. The smallest absolute Gasteiger partial charge is 0.408 e. The van der Waals surface area contributed by atoms with Crippen molar-refractivity contribution in [3.05, 3.63) is 83.7 Å². The highest BCUT2D eigenvalue weighted by atomic mass is 19.1. The summed E-state index contributed by atoms with van der Waals surface area (Å²) >= 11 is 0. The fraction of sp³-hybridized carbons (Fsp3) is 0.533. The minimum absolute atomic E-state index is 0.000404. The first-order valence-corrected chi connectivity index (χ1v) is 20.3. The Hall–Kier alpha value is -5.15. The van der Waals surface area contributed by atoms with Crippen LogP contribution in [0.1, 0.15) is 112 Å². The molecule has 3 atom stereocenters. The van der Waals surface area contributed by atoms with Gasteiger partial charge in [0.25, 0.3) is 0 Å². The van der Waals surface area contributed by atoms with Crippen LogP contribution >= 0.6 is 0 Å². The average molecular weight is 840 g/mol. The number of nitrogens with zero attached hydrogens (tertiary/aromatic N) is 2. The number of carbonyl (C=O) groups is 5. The number of carbonyl (C=O) groups excluding carboxylic acids is 5. The van der Waals surface area contributed by atoms with E-state index >= 15 is 4.39 Å². The first-order chi connectivity index (χ1) is 27.9. The van der Waals surface area contributed by atoms with Crippen LogP contribution in [0.2, 0.25) is 0 Å². The molecule has 1 heterocycles. The minimum Gasteiger partial charge on any atom is -0.460 e. The van der Waals surface area contributed by atoms with Crippen LogP contribution in [-0.4, -0.2) is 87.2 Å². The summed E-state index contributed by atoms with van der Waals surface area (Å²) in [6.45, 7) is 15.5. The van der Waals surface area contributed by atoms with E-state index < -0.39 is 76.9 Å². The minimum atomic E-state index is -1.08. The van der Waals surface area contributed by atoms with Gasteiger partial charge in [-0.2, -0.15) is 0 Å². The normalized spacial score (nSPS) is 13.5. The number of nitrogens with one attached hydrogen (secondary N) is 2. The Balaban J connectivity index is 1.75. The van der Waals surface area contributed by atoms with Gasteiger partial charge in [-0.25, -0.2) is 13.6 Å². The zero-order valence-electron chi connectivity index (χ0n) is 36.4. The van der Waals surface area contributed by atoms with Gasteiger partial charge < -0.3 is 40.4 Å². The summed E-state index contributed by atoms with van der Waals surface area (Å²) in [6.07, 6.45) is 0.929. The van der Waals surface area contributed by atoms with E-state index in [1.165, 1.54) is 4.90 Å². The summed E-state index contributed by atoms with van der Waals surface area (Å²) in [5.74, 6) is -3.27. The number of Topliss-reactive ketones (excluding diaryl/α,β-unsaturated/α-hetero) is 1. The number of aliphatic hydroxyl groups is 1. The van der Waals surface area contributed by atoms with E-state index in [1.807, 2.05) is 55.7 Å². The van der Waals surface area contributed by atoms with E-state index in [1.54, 1.807) is 53.8 Å². The Morgan fingerprint density at radius 1 is 0.867 bits per heavy atom. The Morgan fingerprint density at radius 3 is 2.12 bits per heavy atom. The lowest BCUT2D eigenvalue weighted by molar-refractivity contribution is -0.155. The molecule has 15 heteroatoms. The number of ether oxygens (including phenoxy) is 2. The first-order valence-electron chi connectivity index (χ1n) is 20.3. The van der Waals surface area contributed by atoms with Gasteiger partial charge in [0, 0.05) is 55.5 Å². The van der Waals surface area contributed by atoms with Gasteiger partial charge in [-0.05, 0) is 96.0 Å². The van der Waals surface area contributed by atoms with Crippen LogP contribution in [0.5, 0.6) is 0 Å². The van der Waals surface area contributed by atoms with Crippen molar-refractivity contribution in [2.75, 3.05) is 19.7 Å². The third-order valence-corrected chi connectivity index (χ3v) is 9.29. The molecule has 60 heavy (non-hydrogen) atoms. The van der Waals surface area contributed by atoms with Crippen LogP contribution in [0.25, 0.3) is 11.1 Å². The highest BCUT2D eigenvalue weighted by molar-refractivity contribution is 5.88. The molecule has 0 spiro atoms. The number of rotatable bonds is 19. The fourth-order valence-electron chi connectivity index (χ4n) is 6.71. The Labute approximate surface area is 352 Å². The van der Waals surface area contributed by atoms with E-state index in [2.05, 4.69) is 10.6 Å². The molecule has 0 unspecified atom stereocenters. The van der Waals surface area contributed by atoms with Crippen molar-refractivity contribution in [1.29, 1.82) is 0 Å². The quantitative estimate of drug-likeness (QED) is 0.0765. The molecule has 0 aliphatic rings. The number of hydrogen-bond acceptors (Lipinski definition) is 9. The van der Waals surface area contributed by atoms with Crippen molar-refractivity contribution in [2.24, 2.45) is 11.1 Å². The van der Waals surface area contributed by atoms with E-state index in [4.69, 9.17) is 15.2 Å². The van der Waals surface area contributed by atoms with Crippen molar-refractivity contribution in [1.82, 2.24) is 20.1 Å². The zero-order valence-corrected chi connectivity index (χ0v) is 36.4. The molecule has 3 rings (SSSR count). The average Bonchev–Trinajstić information content (AvgIpc) is 3.54. The SMILES string of the molecule is CC(C)(C)OC(=O)CC[C@@H](NC(=O)OC(C)(C)C)C(=O)CCCNC(=O)[C@@H](N)CCN(C(=O)CO)[C@@H](c1cc(-c2cc(F)ccc2F)cn1Cc1ccccc1)C(C)(C)C. The summed E-state index contributed by atoms with van der Waals surface area (Å²) in [5, 5.41) is 15.4. The Bertz CT molecular complexity index is 1930. The predicted molar refractivity (Wildman–Crippen MR) is 224 cm³/mol. The molecule has 0 fully saturated rings. The summed E-state index contributed by atoms with van der Waals surface area (Å²) in [5.41, 5.74) is 6.09. The number of amides is 3. The lowest BCUT2D eigenvalue weighted by Crippen LogP contribution is -2.47. The van der Waals surface area contributed by atoms with Gasteiger partial charge in [-0.1, -0.05) is 51.1 Å². The van der Waals surface area contributed by atoms with E-state index in [0.717, 1.165) is 23.8 Å². The van der Waals surface area contributed by atoms with Gasteiger partial charge in [0.15, 0.2) is 5.78 Å². The molecule has 0 radical (unpaired) electrons. The monoisotopic (exact) mass is 839 g/mol. The Kier molecular flexibility index (Phi) is 17.5. The second-order valence-corrected chi connectivity index (χ2v) is 18.0. The number of nitrogens with two attached hydrogens (primary N) is 1. The van der Waals surface area contributed by atoms with E-state index in [-0.39, 0.29) is 56.5 Å². The summed E-state index contributed by atoms with van der Waals surface area (Å²) in [4.78, 5) is 66.3. The maximum absolute atomic E-state index is 15.1. The van der Waals surface area contributed by atoms with Crippen molar-refractivity contribution in [2.45, 2.75) is 130 Å². The first kappa shape index (κ1) is 49.2. The lowest BCUT2D eigenvalue weighted by Gasteiger charge is -2.41. The number of hydrogen-bond donors (Lipinski definition) is 4. The second kappa shape index (κ2) is 21.4. The maximum Gasteiger partial charge on any atom is 0.408 e. The molecule has 3 aromatic rings. The van der Waals surface area contributed by atoms with Crippen molar-refractivity contribution < 1.29 is 47.3 Å². The van der Waals surface area contributed by atoms with Crippen molar-refractivity contribution >= 4 is 29.7 Å². The molecule has 0 saturated heterocycles. The van der Waals surface area contributed by atoms with Crippen molar-refractivity contribution in [3.63, 3.8) is 0 Å². The van der Waals surface area contributed by atoms with E-state index in [0.29, 0.717) is 17.8 Å². The van der Waals surface area contributed by atoms with Crippen LogP contribution in [0.15, 0.2) is 60.8 Å². The van der Waals surface area contributed by atoms with Gasteiger partial charge in [-0.3, -0.25) is 19.2 Å². The molecule has 0 saturated carbocycles. The van der Waals surface area contributed by atoms with Gasteiger partial charge in [0.1, 0.15) is 29.4 Å². The Morgan fingerprint density at radius 2 is 1.52 bits per heavy atom. The number of alkyl carbamates (subject to hydrolysis) is 1. The molecule has 5 N–H and O–H groups in total. The fourth-order valence-corrected chi connectivity index (χ4v) is 6.71. The molecular formula is C45H63F2N5O8. The molecule has 1 aromatic heterocycles. The summed E-state index contributed by atoms with van der Waals surface area (Å²) < 4.78 is 42.0. The van der Waals surface area contributed by atoms with E-state index in [9.17, 15) is 33.5 Å². The third-order valence-electron chi connectivity index (χ3n) is 9.29. The van der Waals surface area contributed by atoms with Crippen LogP contribution in [0.4, 0.5) is 13.6 Å². The molecule has 2 aromatic carbocycles. The molecule has 0 aliphatic carbocycles. The molecule has 330 valence electrons. The predicted octanol–water partition coefficient (Wildman–Crippen LogP) is 6.59. The largest absolute Gasteiger partial charge is 0.460 e. The third kappa shape index (κ3) is 15.8. The molecule has 0 bridgehead atoms. The maximum atomic E-state index is 15.1. The van der Waals surface area contributed by atoms with Gasteiger partial charge in [0.05, 0.1) is 18.1 Å². The number of aliphatic hydroxyl groups excluding tert-OH is 1. The van der Waals surface area contributed by atoms with Crippen LogP contribution in [-0.2, 0) is 35.2 Å². The van der Waals surface area contributed by atoms with Gasteiger partial charge >= 0.3 is 12.1 Å². The highest BCUT2D eigenvalue weighted by Crippen LogP contribution is 2.41. The van der Waals surface area contributed by atoms with Crippen LogP contribution < -0.4 is 16.4 Å². The van der Waals surface area contributed by atoms with Gasteiger partial charge in [-0.15, -0.1) is 0 Å². The highest BCUT2D eigenvalue weighted by Gasteiger charge is 2.37. The second-order valence-electron chi connectivity index (χ2n) is 18.0. The standard InChI is InChI=1S/C45H63F2N5O8/c1-43(2,3)40(36-24-30(32-25-31(46)17-18-33(32)47)27-51(36)26-29-14-11-10-12-15-29)52(38(55)28-53)23-21-34(48)41(57)49-22-13-16-37(54)35(50-42(58)60-45(7,8)9)19-20-39(56)59-44(4,5)6/h10-12,14-15,17-18,24-25,27,34-35,40,53H,13,16,19-23,26,28,48H2,1-9H3,(H,49,57)(H,50,58)/t34-,35+,40-/m0/s1. The summed E-state index contributed by atoms with van der Waals surface area (Å²) in [7, 11) is 0. The number of esters is 1. The number of benzene rings is 2. The molecular weight excluding hydrogens is 777 g/mol. The van der Waals surface area contributed by atoms with Crippen molar-refractivity contribution in [3.8, 4) is 11.1 Å². The number of ketones is 1. The molecule has 13 nitrogen and oxygen atoms in total. The number of halogens is 2. The van der Waals surface area contributed by atoms with Crippen LogP contribution in [0.3, 0.4) is 0 Å². The summed E-state index contributed by atoms with van der Waals surface area (Å²) in [6, 6.07) is 11.6. The molecule has 3 amide bonds.